The fraction of sp³-hybridized carbons (Fsp3) is 0.235. The van der Waals surface area contributed by atoms with Crippen molar-refractivity contribution in [3.05, 3.63) is 59.2 Å². The number of aryl methyl sites for hydroxylation is 1. The Morgan fingerprint density at radius 2 is 1.86 bits per heavy atom. The Morgan fingerprint density at radius 1 is 1.19 bits per heavy atom. The lowest BCUT2D eigenvalue weighted by atomic mass is 10.1. The van der Waals surface area contributed by atoms with Gasteiger partial charge in [-0.05, 0) is 24.6 Å². The number of ether oxygens (including phenoxy) is 1. The second kappa shape index (κ2) is 6.31. The van der Waals surface area contributed by atoms with Crippen LogP contribution in [-0.4, -0.2) is 25.0 Å². The standard InChI is InChI=1S/C17H20N2O2/c1-12-7-9-13(10-8-12)11-19(2)17(20)16-14(18)5-4-6-15(16)21-3/h4-10H,11,18H2,1-3H3. The number of methoxy groups -OCH3 is 1. The van der Waals surface area contributed by atoms with Crippen LogP contribution in [0.5, 0.6) is 5.75 Å². The third-order valence-corrected chi connectivity index (χ3v) is 3.38. The van der Waals surface area contributed by atoms with Crippen molar-refractivity contribution in [1.82, 2.24) is 4.90 Å². The normalized spacial score (nSPS) is 10.2. The molecule has 2 N–H and O–H groups in total. The van der Waals surface area contributed by atoms with Gasteiger partial charge in [-0.1, -0.05) is 35.9 Å². The van der Waals surface area contributed by atoms with Crippen molar-refractivity contribution < 1.29 is 9.53 Å². The third-order valence-electron chi connectivity index (χ3n) is 3.38. The summed E-state index contributed by atoms with van der Waals surface area (Å²) in [5.74, 6) is 0.348. The Morgan fingerprint density at radius 3 is 2.48 bits per heavy atom. The molecule has 0 fully saturated rings. The van der Waals surface area contributed by atoms with Crippen LogP contribution >= 0.6 is 0 Å². The first-order valence-electron chi connectivity index (χ1n) is 6.76. The lowest BCUT2D eigenvalue weighted by molar-refractivity contribution is 0.0783. The summed E-state index contributed by atoms with van der Waals surface area (Å²) in [4.78, 5) is 14.2. The summed E-state index contributed by atoms with van der Waals surface area (Å²) in [6.07, 6.45) is 0. The molecule has 0 aliphatic heterocycles. The van der Waals surface area contributed by atoms with E-state index in [1.165, 1.54) is 12.7 Å². The summed E-state index contributed by atoms with van der Waals surface area (Å²) in [6.45, 7) is 2.56. The summed E-state index contributed by atoms with van der Waals surface area (Å²) in [6, 6.07) is 13.3. The van der Waals surface area contributed by atoms with Gasteiger partial charge in [0.25, 0.3) is 5.91 Å². The average Bonchev–Trinajstić information content (AvgIpc) is 2.48. The highest BCUT2D eigenvalue weighted by Crippen LogP contribution is 2.25. The van der Waals surface area contributed by atoms with Crippen molar-refractivity contribution in [2.24, 2.45) is 0 Å². The van der Waals surface area contributed by atoms with Crippen LogP contribution in [0.1, 0.15) is 21.5 Å². The van der Waals surface area contributed by atoms with Gasteiger partial charge in [0.05, 0.1) is 7.11 Å². The summed E-state index contributed by atoms with van der Waals surface area (Å²) in [5, 5.41) is 0. The maximum Gasteiger partial charge on any atom is 0.259 e. The molecular weight excluding hydrogens is 264 g/mol. The van der Waals surface area contributed by atoms with Gasteiger partial charge in [0.2, 0.25) is 0 Å². The van der Waals surface area contributed by atoms with Crippen LogP contribution in [0.25, 0.3) is 0 Å². The highest BCUT2D eigenvalue weighted by Gasteiger charge is 2.19. The molecule has 1 amide bonds. The molecule has 0 spiro atoms. The van der Waals surface area contributed by atoms with Gasteiger partial charge in [0.1, 0.15) is 11.3 Å². The van der Waals surface area contributed by atoms with Crippen molar-refractivity contribution >= 4 is 11.6 Å². The Hall–Kier alpha value is -2.49. The van der Waals surface area contributed by atoms with Gasteiger partial charge >= 0.3 is 0 Å². The van der Waals surface area contributed by atoms with Gasteiger partial charge in [0, 0.05) is 19.3 Å². The van der Waals surface area contributed by atoms with Crippen LogP contribution in [0.2, 0.25) is 0 Å². The summed E-state index contributed by atoms with van der Waals surface area (Å²) >= 11 is 0. The highest BCUT2D eigenvalue weighted by molar-refractivity contribution is 6.01. The van der Waals surface area contributed by atoms with E-state index < -0.39 is 0 Å². The Balaban J connectivity index is 2.21. The second-order valence-corrected chi connectivity index (χ2v) is 5.07. The summed E-state index contributed by atoms with van der Waals surface area (Å²) in [5.41, 5.74) is 9.03. The zero-order valence-corrected chi connectivity index (χ0v) is 12.6. The first-order chi connectivity index (χ1) is 10.0. The van der Waals surface area contributed by atoms with E-state index in [1.807, 2.05) is 31.2 Å². The molecule has 110 valence electrons. The maximum atomic E-state index is 12.6. The molecule has 0 aliphatic carbocycles. The molecule has 0 radical (unpaired) electrons. The molecule has 2 aromatic carbocycles. The Bertz CT molecular complexity index is 636. The third kappa shape index (κ3) is 3.34. The number of hydrogen-bond donors (Lipinski definition) is 1. The molecule has 2 rings (SSSR count). The molecule has 0 aromatic heterocycles. The van der Waals surface area contributed by atoms with Crippen LogP contribution in [0.4, 0.5) is 5.69 Å². The monoisotopic (exact) mass is 284 g/mol. The van der Waals surface area contributed by atoms with Gasteiger partial charge in [-0.25, -0.2) is 0 Å². The first-order valence-corrected chi connectivity index (χ1v) is 6.76. The molecule has 0 atom stereocenters. The number of benzene rings is 2. The number of nitrogens with two attached hydrogens (primary N) is 1. The van der Waals surface area contributed by atoms with Gasteiger partial charge in [-0.2, -0.15) is 0 Å². The van der Waals surface area contributed by atoms with Crippen molar-refractivity contribution in [2.75, 3.05) is 19.9 Å². The number of hydrogen-bond acceptors (Lipinski definition) is 3. The number of amides is 1. The zero-order valence-electron chi connectivity index (χ0n) is 12.6. The van der Waals surface area contributed by atoms with Crippen molar-refractivity contribution in [3.8, 4) is 5.75 Å². The van der Waals surface area contributed by atoms with Crippen LogP contribution in [0.3, 0.4) is 0 Å². The largest absolute Gasteiger partial charge is 0.496 e. The number of rotatable bonds is 4. The summed E-state index contributed by atoms with van der Waals surface area (Å²) < 4.78 is 5.24. The van der Waals surface area contributed by atoms with Crippen LogP contribution in [0.15, 0.2) is 42.5 Å². The predicted octanol–water partition coefficient (Wildman–Crippen LogP) is 2.86. The highest BCUT2D eigenvalue weighted by atomic mass is 16.5. The number of carbonyl (C=O) groups is 1. The average molecular weight is 284 g/mol. The molecular formula is C17H20N2O2. The smallest absolute Gasteiger partial charge is 0.259 e. The number of nitrogens with zero attached hydrogens (tertiary/aromatic N) is 1. The van der Waals surface area contributed by atoms with E-state index >= 15 is 0 Å². The first kappa shape index (κ1) is 14.9. The van der Waals surface area contributed by atoms with E-state index in [0.29, 0.717) is 23.5 Å². The van der Waals surface area contributed by atoms with E-state index in [1.54, 1.807) is 30.1 Å². The topological polar surface area (TPSA) is 55.6 Å². The van der Waals surface area contributed by atoms with Crippen molar-refractivity contribution in [2.45, 2.75) is 13.5 Å². The van der Waals surface area contributed by atoms with Crippen LogP contribution < -0.4 is 10.5 Å². The Labute approximate surface area is 125 Å². The number of nitrogen functional groups attached to an aromatic ring is 1. The van der Waals surface area contributed by atoms with Crippen LogP contribution in [0, 0.1) is 6.92 Å². The minimum Gasteiger partial charge on any atom is -0.496 e. The molecule has 0 bridgehead atoms. The molecule has 0 saturated carbocycles. The van der Waals surface area contributed by atoms with Gasteiger partial charge < -0.3 is 15.4 Å². The molecule has 2 aromatic rings. The number of carbonyl (C=O) groups excluding carboxylic acids is 1. The quantitative estimate of drug-likeness (QED) is 0.878. The molecule has 21 heavy (non-hydrogen) atoms. The maximum absolute atomic E-state index is 12.6. The lowest BCUT2D eigenvalue weighted by Gasteiger charge is -2.20. The lowest BCUT2D eigenvalue weighted by Crippen LogP contribution is -2.27. The molecule has 4 heteroatoms. The van der Waals surface area contributed by atoms with Crippen molar-refractivity contribution in [3.63, 3.8) is 0 Å². The minimum absolute atomic E-state index is 0.148. The zero-order chi connectivity index (χ0) is 15.4. The fourth-order valence-corrected chi connectivity index (χ4v) is 2.18. The van der Waals surface area contributed by atoms with E-state index in [9.17, 15) is 4.79 Å². The van der Waals surface area contributed by atoms with E-state index in [-0.39, 0.29) is 5.91 Å². The summed E-state index contributed by atoms with van der Waals surface area (Å²) in [7, 11) is 3.29. The second-order valence-electron chi connectivity index (χ2n) is 5.07. The van der Waals surface area contributed by atoms with E-state index in [2.05, 4.69) is 0 Å². The van der Waals surface area contributed by atoms with Crippen LogP contribution in [-0.2, 0) is 6.54 Å². The molecule has 0 aliphatic rings. The Kier molecular flexibility index (Phi) is 4.48. The predicted molar refractivity (Wildman–Crippen MR) is 84.4 cm³/mol. The molecule has 0 unspecified atom stereocenters. The fourth-order valence-electron chi connectivity index (χ4n) is 2.18. The van der Waals surface area contributed by atoms with Gasteiger partial charge in [-0.3, -0.25) is 4.79 Å². The van der Waals surface area contributed by atoms with Crippen molar-refractivity contribution in [1.29, 1.82) is 0 Å². The SMILES string of the molecule is COc1cccc(N)c1C(=O)N(C)Cc1ccc(C)cc1. The molecule has 0 heterocycles. The van der Waals surface area contributed by atoms with E-state index in [0.717, 1.165) is 5.56 Å². The molecule has 0 saturated heterocycles. The number of anilines is 1. The van der Waals surface area contributed by atoms with Gasteiger partial charge in [-0.15, -0.1) is 0 Å². The minimum atomic E-state index is -0.148. The molecule has 4 nitrogen and oxygen atoms in total. The van der Waals surface area contributed by atoms with E-state index in [4.69, 9.17) is 10.5 Å². The van der Waals surface area contributed by atoms with Gasteiger partial charge in [0.15, 0.2) is 0 Å².